The molecule has 1 heterocycles. The van der Waals surface area contributed by atoms with Crippen LogP contribution in [0.15, 0.2) is 36.4 Å². The molecule has 3 rings (SSSR count). The Hall–Kier alpha value is -1.77. The minimum absolute atomic E-state index is 0.0389. The fourth-order valence-electron chi connectivity index (χ4n) is 2.97. The summed E-state index contributed by atoms with van der Waals surface area (Å²) in [6, 6.07) is 8.26. The summed E-state index contributed by atoms with van der Waals surface area (Å²) >= 11 is 0. The van der Waals surface area contributed by atoms with Gasteiger partial charge in [-0.2, -0.15) is 0 Å². The van der Waals surface area contributed by atoms with Gasteiger partial charge in [0.25, 0.3) is 5.91 Å². The van der Waals surface area contributed by atoms with Crippen LogP contribution >= 0.6 is 0 Å². The summed E-state index contributed by atoms with van der Waals surface area (Å²) in [5.41, 5.74) is 2.50. The summed E-state index contributed by atoms with van der Waals surface area (Å²) in [6.45, 7) is 4.01. The molecule has 1 atom stereocenters. The fourth-order valence-corrected chi connectivity index (χ4v) is 2.97. The molecule has 0 spiro atoms. The predicted molar refractivity (Wildman–Crippen MR) is 78.7 cm³/mol. The second-order valence-electron chi connectivity index (χ2n) is 5.79. The van der Waals surface area contributed by atoms with E-state index in [4.69, 9.17) is 4.74 Å². The maximum atomic E-state index is 12.3. The van der Waals surface area contributed by atoms with Crippen molar-refractivity contribution in [2.45, 2.75) is 50.7 Å². The summed E-state index contributed by atoms with van der Waals surface area (Å²) in [6.07, 6.45) is 5.41. The third kappa shape index (κ3) is 2.87. The summed E-state index contributed by atoms with van der Waals surface area (Å²) in [4.78, 5) is 12.3. The van der Waals surface area contributed by atoms with Gasteiger partial charge < -0.3 is 10.1 Å². The Bertz CT molecular complexity index is 513. The molecule has 1 N–H and O–H groups in total. The molecule has 0 bridgehead atoms. The van der Waals surface area contributed by atoms with Crippen LogP contribution in [0.2, 0.25) is 0 Å². The average molecular weight is 271 g/mol. The lowest BCUT2D eigenvalue weighted by Crippen LogP contribution is -2.45. The van der Waals surface area contributed by atoms with Crippen LogP contribution in [0, 0.1) is 0 Å². The number of carbonyl (C=O) groups excluding carboxylic acids is 1. The van der Waals surface area contributed by atoms with E-state index >= 15 is 0 Å². The SMILES string of the molecule is C=C1CCC(NC(=O)C2CCc3ccccc3O2)CC1. The molecule has 1 aromatic rings. The molecule has 1 aliphatic heterocycles. The number of carbonyl (C=O) groups is 1. The topological polar surface area (TPSA) is 38.3 Å². The number of benzene rings is 1. The predicted octanol–water partition coefficient (Wildman–Crippen LogP) is 3.00. The number of nitrogens with one attached hydrogen (secondary N) is 1. The molecule has 3 nitrogen and oxygen atoms in total. The number of fused-ring (bicyclic) bond motifs is 1. The van der Waals surface area contributed by atoms with Gasteiger partial charge in [-0.05, 0) is 50.2 Å². The van der Waals surface area contributed by atoms with E-state index in [0.717, 1.165) is 44.3 Å². The van der Waals surface area contributed by atoms with Gasteiger partial charge in [-0.1, -0.05) is 30.4 Å². The third-order valence-electron chi connectivity index (χ3n) is 4.25. The van der Waals surface area contributed by atoms with Gasteiger partial charge in [-0.25, -0.2) is 0 Å². The molecule has 106 valence electrons. The number of ether oxygens (including phenoxy) is 1. The quantitative estimate of drug-likeness (QED) is 0.840. The van der Waals surface area contributed by atoms with E-state index in [-0.39, 0.29) is 18.1 Å². The van der Waals surface area contributed by atoms with Crippen molar-refractivity contribution >= 4 is 5.91 Å². The Kier molecular flexibility index (Phi) is 3.77. The molecule has 1 amide bonds. The van der Waals surface area contributed by atoms with Gasteiger partial charge in [-0.3, -0.25) is 4.79 Å². The molecule has 1 fully saturated rings. The van der Waals surface area contributed by atoms with Crippen molar-refractivity contribution < 1.29 is 9.53 Å². The van der Waals surface area contributed by atoms with Crippen molar-refractivity contribution in [1.29, 1.82) is 0 Å². The zero-order chi connectivity index (χ0) is 13.9. The lowest BCUT2D eigenvalue weighted by molar-refractivity contribution is -0.129. The minimum Gasteiger partial charge on any atom is -0.480 e. The van der Waals surface area contributed by atoms with Crippen molar-refractivity contribution in [2.75, 3.05) is 0 Å². The highest BCUT2D eigenvalue weighted by Gasteiger charge is 2.28. The van der Waals surface area contributed by atoms with E-state index in [1.54, 1.807) is 0 Å². The zero-order valence-corrected chi connectivity index (χ0v) is 11.7. The van der Waals surface area contributed by atoms with Crippen LogP contribution < -0.4 is 10.1 Å². The van der Waals surface area contributed by atoms with Gasteiger partial charge in [0.2, 0.25) is 0 Å². The maximum Gasteiger partial charge on any atom is 0.261 e. The van der Waals surface area contributed by atoms with E-state index in [9.17, 15) is 4.79 Å². The number of hydrogen-bond acceptors (Lipinski definition) is 2. The van der Waals surface area contributed by atoms with Crippen LogP contribution in [-0.2, 0) is 11.2 Å². The Balaban J connectivity index is 1.57. The second kappa shape index (κ2) is 5.70. The van der Waals surface area contributed by atoms with Crippen molar-refractivity contribution in [3.05, 3.63) is 42.0 Å². The fraction of sp³-hybridized carbons (Fsp3) is 0.471. The molecule has 1 aromatic carbocycles. The molecule has 0 radical (unpaired) electrons. The minimum atomic E-state index is -0.338. The van der Waals surface area contributed by atoms with Crippen molar-refractivity contribution in [1.82, 2.24) is 5.32 Å². The normalized spacial score (nSPS) is 22.8. The molecule has 3 heteroatoms. The number of allylic oxidation sites excluding steroid dienone is 1. The van der Waals surface area contributed by atoms with Gasteiger partial charge in [0.1, 0.15) is 5.75 Å². The van der Waals surface area contributed by atoms with Gasteiger partial charge >= 0.3 is 0 Å². The Morgan fingerprint density at radius 3 is 2.70 bits per heavy atom. The van der Waals surface area contributed by atoms with Crippen LogP contribution in [0.25, 0.3) is 0 Å². The van der Waals surface area contributed by atoms with E-state index < -0.39 is 0 Å². The van der Waals surface area contributed by atoms with E-state index in [0.29, 0.717) is 0 Å². The Morgan fingerprint density at radius 1 is 1.15 bits per heavy atom. The number of para-hydroxylation sites is 1. The first-order chi connectivity index (χ1) is 9.72. The highest BCUT2D eigenvalue weighted by molar-refractivity contribution is 5.81. The van der Waals surface area contributed by atoms with Crippen LogP contribution in [0.1, 0.15) is 37.7 Å². The first-order valence-corrected chi connectivity index (χ1v) is 7.44. The van der Waals surface area contributed by atoms with Crippen LogP contribution in [0.4, 0.5) is 0 Å². The molecule has 1 unspecified atom stereocenters. The highest BCUT2D eigenvalue weighted by Crippen LogP contribution is 2.27. The van der Waals surface area contributed by atoms with Gasteiger partial charge in [-0.15, -0.1) is 0 Å². The molecule has 2 aliphatic rings. The van der Waals surface area contributed by atoms with Gasteiger partial charge in [0, 0.05) is 6.04 Å². The molecule has 20 heavy (non-hydrogen) atoms. The maximum absolute atomic E-state index is 12.3. The third-order valence-corrected chi connectivity index (χ3v) is 4.25. The first-order valence-electron chi connectivity index (χ1n) is 7.44. The van der Waals surface area contributed by atoms with Crippen LogP contribution in [0.5, 0.6) is 5.75 Å². The molecular weight excluding hydrogens is 250 g/mol. The number of rotatable bonds is 2. The summed E-state index contributed by atoms with van der Waals surface area (Å²) in [5.74, 6) is 0.896. The summed E-state index contributed by atoms with van der Waals surface area (Å²) < 4.78 is 5.83. The van der Waals surface area contributed by atoms with Crippen LogP contribution in [0.3, 0.4) is 0 Å². The van der Waals surface area contributed by atoms with Crippen molar-refractivity contribution in [2.24, 2.45) is 0 Å². The standard InChI is InChI=1S/C17H21NO2/c1-12-6-9-14(10-7-12)18-17(19)16-11-8-13-4-2-3-5-15(13)20-16/h2-5,14,16H,1,6-11H2,(H,18,19). The number of hydrogen-bond donors (Lipinski definition) is 1. The molecule has 0 saturated heterocycles. The van der Waals surface area contributed by atoms with Crippen molar-refractivity contribution in [3.63, 3.8) is 0 Å². The van der Waals surface area contributed by atoms with E-state index in [1.165, 1.54) is 11.1 Å². The number of aryl methyl sites for hydroxylation is 1. The van der Waals surface area contributed by atoms with Gasteiger partial charge in [0.15, 0.2) is 6.10 Å². The Labute approximate surface area is 120 Å². The van der Waals surface area contributed by atoms with E-state index in [1.807, 2.05) is 18.2 Å². The summed E-state index contributed by atoms with van der Waals surface area (Å²) in [5, 5.41) is 3.13. The zero-order valence-electron chi connectivity index (χ0n) is 11.7. The lowest BCUT2D eigenvalue weighted by Gasteiger charge is -2.29. The first kappa shape index (κ1) is 13.2. The smallest absolute Gasteiger partial charge is 0.261 e. The van der Waals surface area contributed by atoms with E-state index in [2.05, 4.69) is 18.0 Å². The van der Waals surface area contributed by atoms with Crippen LogP contribution in [-0.4, -0.2) is 18.1 Å². The largest absolute Gasteiger partial charge is 0.480 e. The second-order valence-corrected chi connectivity index (χ2v) is 5.79. The Morgan fingerprint density at radius 2 is 1.90 bits per heavy atom. The lowest BCUT2D eigenvalue weighted by atomic mass is 9.91. The average Bonchev–Trinajstić information content (AvgIpc) is 2.49. The molecular formula is C17H21NO2. The van der Waals surface area contributed by atoms with Gasteiger partial charge in [0.05, 0.1) is 0 Å². The number of amides is 1. The molecule has 0 aromatic heterocycles. The molecule has 1 saturated carbocycles. The monoisotopic (exact) mass is 271 g/mol. The van der Waals surface area contributed by atoms with Crippen molar-refractivity contribution in [3.8, 4) is 5.75 Å². The highest BCUT2D eigenvalue weighted by atomic mass is 16.5. The molecule has 1 aliphatic carbocycles. The summed E-state index contributed by atoms with van der Waals surface area (Å²) in [7, 11) is 0.